The average Bonchev–Trinajstić information content (AvgIpc) is 2.44. The van der Waals surface area contributed by atoms with Crippen LogP contribution >= 0.6 is 0 Å². The fraction of sp³-hybridized carbons (Fsp3) is 0.429. The lowest BCUT2D eigenvalue weighted by Crippen LogP contribution is -2.39. The summed E-state index contributed by atoms with van der Waals surface area (Å²) in [5.74, 6) is -1.57. The maximum absolute atomic E-state index is 12.1. The quantitative estimate of drug-likeness (QED) is 0.801. The predicted molar refractivity (Wildman–Crippen MR) is 76.0 cm³/mol. The lowest BCUT2D eigenvalue weighted by Gasteiger charge is -2.17. The van der Waals surface area contributed by atoms with Crippen molar-refractivity contribution in [2.45, 2.75) is 13.8 Å². The first kappa shape index (κ1) is 16.6. The summed E-state index contributed by atoms with van der Waals surface area (Å²) < 4.78 is 0. The van der Waals surface area contributed by atoms with Crippen LogP contribution in [-0.4, -0.2) is 52.9 Å². The van der Waals surface area contributed by atoms with Crippen molar-refractivity contribution in [1.29, 1.82) is 0 Å². The van der Waals surface area contributed by atoms with E-state index in [1.54, 1.807) is 0 Å². The van der Waals surface area contributed by atoms with Crippen molar-refractivity contribution in [3.63, 3.8) is 0 Å². The monoisotopic (exact) mass is 293 g/mol. The standard InChI is InChI=1S/C14H19N3O4/c1-9(2)7-16-12(18)8-17(3)13(19)10-4-5-15-11(6-10)14(20)21/h4-6,9H,7-8H2,1-3H3,(H,16,18)(H,20,21). The van der Waals surface area contributed by atoms with Crippen molar-refractivity contribution < 1.29 is 19.5 Å². The minimum Gasteiger partial charge on any atom is -0.477 e. The third-order valence-corrected chi connectivity index (χ3v) is 2.66. The lowest BCUT2D eigenvalue weighted by molar-refractivity contribution is -0.121. The summed E-state index contributed by atoms with van der Waals surface area (Å²) in [7, 11) is 1.48. The number of nitrogens with one attached hydrogen (secondary N) is 1. The number of aromatic nitrogens is 1. The van der Waals surface area contributed by atoms with Crippen molar-refractivity contribution >= 4 is 17.8 Å². The van der Waals surface area contributed by atoms with Gasteiger partial charge in [0.05, 0.1) is 6.54 Å². The van der Waals surface area contributed by atoms with Gasteiger partial charge in [0, 0.05) is 25.4 Å². The van der Waals surface area contributed by atoms with Crippen molar-refractivity contribution in [3.8, 4) is 0 Å². The van der Waals surface area contributed by atoms with Crippen LogP contribution in [-0.2, 0) is 4.79 Å². The lowest BCUT2D eigenvalue weighted by atomic mass is 10.2. The van der Waals surface area contributed by atoms with Gasteiger partial charge in [-0.2, -0.15) is 0 Å². The fourth-order valence-electron chi connectivity index (χ4n) is 1.56. The van der Waals surface area contributed by atoms with Gasteiger partial charge in [-0.15, -0.1) is 0 Å². The van der Waals surface area contributed by atoms with Gasteiger partial charge in [0.2, 0.25) is 5.91 Å². The fourth-order valence-corrected chi connectivity index (χ4v) is 1.56. The first-order chi connectivity index (χ1) is 9.81. The van der Waals surface area contributed by atoms with Crippen LogP contribution in [0.25, 0.3) is 0 Å². The first-order valence-corrected chi connectivity index (χ1v) is 6.52. The molecule has 0 unspecified atom stereocenters. The summed E-state index contributed by atoms with van der Waals surface area (Å²) in [6, 6.07) is 2.60. The number of hydrogen-bond acceptors (Lipinski definition) is 4. The number of rotatable bonds is 6. The van der Waals surface area contributed by atoms with E-state index < -0.39 is 11.9 Å². The molecular formula is C14H19N3O4. The molecule has 1 heterocycles. The van der Waals surface area contributed by atoms with Crippen LogP contribution in [0.2, 0.25) is 0 Å². The Morgan fingerprint density at radius 2 is 2.05 bits per heavy atom. The maximum Gasteiger partial charge on any atom is 0.354 e. The summed E-state index contributed by atoms with van der Waals surface area (Å²) in [4.78, 5) is 39.5. The van der Waals surface area contributed by atoms with Crippen molar-refractivity contribution in [3.05, 3.63) is 29.6 Å². The van der Waals surface area contributed by atoms with E-state index in [1.165, 1.54) is 30.3 Å². The van der Waals surface area contributed by atoms with Gasteiger partial charge in [-0.05, 0) is 18.1 Å². The van der Waals surface area contributed by atoms with E-state index in [1.807, 2.05) is 13.8 Å². The number of hydrogen-bond donors (Lipinski definition) is 2. The highest BCUT2D eigenvalue weighted by Gasteiger charge is 2.16. The third kappa shape index (κ3) is 5.21. The first-order valence-electron chi connectivity index (χ1n) is 6.52. The third-order valence-electron chi connectivity index (χ3n) is 2.66. The van der Waals surface area contributed by atoms with Gasteiger partial charge in [0.1, 0.15) is 5.69 Å². The second-order valence-corrected chi connectivity index (χ2v) is 5.09. The van der Waals surface area contributed by atoms with Crippen molar-refractivity contribution in [2.24, 2.45) is 5.92 Å². The Morgan fingerprint density at radius 3 is 2.62 bits per heavy atom. The van der Waals surface area contributed by atoms with Gasteiger partial charge in [-0.25, -0.2) is 9.78 Å². The van der Waals surface area contributed by atoms with Crippen molar-refractivity contribution in [1.82, 2.24) is 15.2 Å². The zero-order valence-corrected chi connectivity index (χ0v) is 12.3. The highest BCUT2D eigenvalue weighted by atomic mass is 16.4. The van der Waals surface area contributed by atoms with Crippen LogP contribution in [0.4, 0.5) is 0 Å². The molecule has 21 heavy (non-hydrogen) atoms. The minimum atomic E-state index is -1.21. The molecular weight excluding hydrogens is 274 g/mol. The predicted octanol–water partition coefficient (Wildman–Crippen LogP) is 0.624. The molecule has 1 rings (SSSR count). The van der Waals surface area contributed by atoms with Gasteiger partial charge in [-0.1, -0.05) is 13.8 Å². The molecule has 0 radical (unpaired) electrons. The average molecular weight is 293 g/mol. The van der Waals surface area contributed by atoms with Gasteiger partial charge in [0.25, 0.3) is 5.91 Å². The van der Waals surface area contributed by atoms with Gasteiger partial charge < -0.3 is 15.3 Å². The second-order valence-electron chi connectivity index (χ2n) is 5.09. The molecule has 0 aliphatic rings. The van der Waals surface area contributed by atoms with Crippen LogP contribution in [0.3, 0.4) is 0 Å². The number of carbonyl (C=O) groups is 3. The molecule has 7 heteroatoms. The zero-order chi connectivity index (χ0) is 16.0. The molecule has 114 valence electrons. The Kier molecular flexibility index (Phi) is 5.83. The second kappa shape index (κ2) is 7.37. The molecule has 2 N–H and O–H groups in total. The van der Waals surface area contributed by atoms with Crippen LogP contribution in [0.15, 0.2) is 18.3 Å². The summed E-state index contributed by atoms with van der Waals surface area (Å²) in [6.45, 7) is 4.40. The van der Waals surface area contributed by atoms with E-state index in [0.717, 1.165) is 0 Å². The highest BCUT2D eigenvalue weighted by molar-refractivity contribution is 5.98. The minimum absolute atomic E-state index is 0.0870. The molecule has 0 bridgehead atoms. The molecule has 1 aromatic heterocycles. The number of carboxylic acid groups (broad SMARTS) is 1. The van der Waals surface area contributed by atoms with E-state index in [-0.39, 0.29) is 23.7 Å². The number of pyridine rings is 1. The molecule has 7 nitrogen and oxygen atoms in total. The Bertz CT molecular complexity index is 543. The van der Waals surface area contributed by atoms with E-state index in [4.69, 9.17) is 5.11 Å². The Morgan fingerprint density at radius 1 is 1.38 bits per heavy atom. The molecule has 0 aliphatic heterocycles. The molecule has 2 amide bonds. The molecule has 0 atom stereocenters. The summed E-state index contributed by atoms with van der Waals surface area (Å²) in [5, 5.41) is 11.6. The number of nitrogens with zero attached hydrogens (tertiary/aromatic N) is 2. The van der Waals surface area contributed by atoms with E-state index >= 15 is 0 Å². The van der Waals surface area contributed by atoms with E-state index in [9.17, 15) is 14.4 Å². The van der Waals surface area contributed by atoms with Gasteiger partial charge in [-0.3, -0.25) is 9.59 Å². The smallest absolute Gasteiger partial charge is 0.354 e. The Hall–Kier alpha value is -2.44. The SMILES string of the molecule is CC(C)CNC(=O)CN(C)C(=O)c1ccnc(C(=O)O)c1. The van der Waals surface area contributed by atoms with Gasteiger partial charge in [0.15, 0.2) is 0 Å². The van der Waals surface area contributed by atoms with E-state index in [2.05, 4.69) is 10.3 Å². The Balaban J connectivity index is 2.68. The number of aromatic carboxylic acids is 1. The molecule has 1 aromatic rings. The highest BCUT2D eigenvalue weighted by Crippen LogP contribution is 2.05. The molecule has 0 aliphatic carbocycles. The largest absolute Gasteiger partial charge is 0.477 e. The maximum atomic E-state index is 12.1. The summed E-state index contributed by atoms with van der Waals surface area (Å²) in [6.07, 6.45) is 1.25. The zero-order valence-electron chi connectivity index (χ0n) is 12.3. The molecule has 0 saturated heterocycles. The summed E-state index contributed by atoms with van der Waals surface area (Å²) >= 11 is 0. The van der Waals surface area contributed by atoms with E-state index in [0.29, 0.717) is 12.5 Å². The topological polar surface area (TPSA) is 99.6 Å². The van der Waals surface area contributed by atoms with Crippen LogP contribution in [0.1, 0.15) is 34.7 Å². The number of likely N-dealkylation sites (N-methyl/N-ethyl adjacent to an activating group) is 1. The number of amides is 2. The normalized spacial score (nSPS) is 10.3. The molecule has 0 spiro atoms. The molecule has 0 saturated carbocycles. The van der Waals surface area contributed by atoms with Crippen LogP contribution in [0.5, 0.6) is 0 Å². The molecule has 0 fully saturated rings. The molecule has 0 aromatic carbocycles. The van der Waals surface area contributed by atoms with Crippen LogP contribution in [0, 0.1) is 5.92 Å². The summed E-state index contributed by atoms with van der Waals surface area (Å²) in [5.41, 5.74) is -0.0277. The number of carbonyl (C=O) groups excluding carboxylic acids is 2. The van der Waals surface area contributed by atoms with Crippen LogP contribution < -0.4 is 5.32 Å². The Labute approximate surface area is 123 Å². The van der Waals surface area contributed by atoms with Crippen molar-refractivity contribution in [2.75, 3.05) is 20.1 Å². The van der Waals surface area contributed by atoms with Gasteiger partial charge >= 0.3 is 5.97 Å². The number of carboxylic acids is 1.